The van der Waals surface area contributed by atoms with Crippen LogP contribution in [0.1, 0.15) is 25.7 Å². The number of hydrogen-bond donors (Lipinski definition) is 1. The summed E-state index contributed by atoms with van der Waals surface area (Å²) in [5.74, 6) is 0.443. The average Bonchev–Trinajstić information content (AvgIpc) is 2.35. The highest BCUT2D eigenvalue weighted by atomic mass is 16.3. The Bertz CT molecular complexity index is 169. The Balaban J connectivity index is 2.06. The smallest absolute Gasteiger partial charge is 0.210 e. The van der Waals surface area contributed by atoms with E-state index in [1.54, 1.807) is 0 Å². The first kappa shape index (κ1) is 8.05. The van der Waals surface area contributed by atoms with Gasteiger partial charge in [0.1, 0.15) is 0 Å². The summed E-state index contributed by atoms with van der Waals surface area (Å²) in [5.41, 5.74) is 0. The molecule has 0 saturated carbocycles. The van der Waals surface area contributed by atoms with Crippen LogP contribution in [0, 0.1) is 5.92 Å². The van der Waals surface area contributed by atoms with E-state index in [1.165, 1.54) is 0 Å². The summed E-state index contributed by atoms with van der Waals surface area (Å²) in [6.45, 7) is 0.291. The third-order valence-corrected chi connectivity index (χ3v) is 3.27. The van der Waals surface area contributed by atoms with E-state index < -0.39 is 0 Å². The van der Waals surface area contributed by atoms with E-state index >= 15 is 0 Å². The van der Waals surface area contributed by atoms with Crippen molar-refractivity contribution in [3.8, 4) is 0 Å². The van der Waals surface area contributed by atoms with Crippen molar-refractivity contribution < 1.29 is 9.90 Å². The molecule has 12 heavy (non-hydrogen) atoms. The molecule has 2 aliphatic heterocycles. The maximum Gasteiger partial charge on any atom is 0.210 e. The number of piperidine rings is 1. The Morgan fingerprint density at radius 3 is 2.33 bits per heavy atom. The lowest BCUT2D eigenvalue weighted by Gasteiger charge is -2.35. The lowest BCUT2D eigenvalue weighted by atomic mass is 9.92. The Hall–Kier alpha value is -0.570. The molecule has 0 aromatic rings. The van der Waals surface area contributed by atoms with Crippen molar-refractivity contribution in [1.82, 2.24) is 4.90 Å². The van der Waals surface area contributed by atoms with Crippen LogP contribution < -0.4 is 0 Å². The summed E-state index contributed by atoms with van der Waals surface area (Å²) in [6, 6.07) is 0.858. The van der Waals surface area contributed by atoms with Crippen molar-refractivity contribution in [3.63, 3.8) is 0 Å². The number of hydrogen-bond acceptors (Lipinski definition) is 2. The molecule has 2 rings (SSSR count). The van der Waals surface area contributed by atoms with Gasteiger partial charge in [0.25, 0.3) is 0 Å². The van der Waals surface area contributed by atoms with Crippen LogP contribution in [0.15, 0.2) is 0 Å². The van der Waals surface area contributed by atoms with Gasteiger partial charge >= 0.3 is 0 Å². The zero-order valence-corrected chi connectivity index (χ0v) is 7.15. The molecule has 3 nitrogen and oxygen atoms in total. The molecule has 0 spiro atoms. The fourth-order valence-electron chi connectivity index (χ4n) is 2.65. The fourth-order valence-corrected chi connectivity index (χ4v) is 2.65. The maximum atomic E-state index is 10.7. The molecular weight excluding hydrogens is 154 g/mol. The van der Waals surface area contributed by atoms with Crippen molar-refractivity contribution in [2.45, 2.75) is 37.8 Å². The van der Waals surface area contributed by atoms with E-state index in [2.05, 4.69) is 0 Å². The Morgan fingerprint density at radius 2 is 1.92 bits per heavy atom. The van der Waals surface area contributed by atoms with E-state index in [1.807, 2.05) is 4.90 Å². The van der Waals surface area contributed by atoms with Gasteiger partial charge in [0.15, 0.2) is 0 Å². The van der Waals surface area contributed by atoms with Crippen molar-refractivity contribution in [2.24, 2.45) is 5.92 Å². The first-order valence-corrected chi connectivity index (χ1v) is 4.68. The van der Waals surface area contributed by atoms with E-state index in [4.69, 9.17) is 5.11 Å². The molecule has 2 atom stereocenters. The topological polar surface area (TPSA) is 40.5 Å². The number of carbonyl (C=O) groups is 1. The van der Waals surface area contributed by atoms with Crippen LogP contribution in [-0.2, 0) is 4.79 Å². The van der Waals surface area contributed by atoms with E-state index in [0.717, 1.165) is 32.1 Å². The van der Waals surface area contributed by atoms with Crippen molar-refractivity contribution in [2.75, 3.05) is 6.61 Å². The van der Waals surface area contributed by atoms with Crippen LogP contribution in [0.25, 0.3) is 0 Å². The number of aliphatic hydroxyl groups is 1. The quantitative estimate of drug-likeness (QED) is 0.607. The highest BCUT2D eigenvalue weighted by molar-refractivity contribution is 5.49. The van der Waals surface area contributed by atoms with Gasteiger partial charge in [-0.1, -0.05) is 0 Å². The van der Waals surface area contributed by atoms with Crippen molar-refractivity contribution in [3.05, 3.63) is 0 Å². The number of carbonyl (C=O) groups excluding carboxylic acids is 1. The summed E-state index contributed by atoms with van der Waals surface area (Å²) in [6.07, 6.45) is 5.27. The number of rotatable bonds is 2. The molecule has 2 saturated heterocycles. The van der Waals surface area contributed by atoms with Gasteiger partial charge in [-0.25, -0.2) is 0 Å². The first-order chi connectivity index (χ1) is 5.85. The average molecular weight is 169 g/mol. The summed E-state index contributed by atoms with van der Waals surface area (Å²) in [5, 5.41) is 9.01. The summed E-state index contributed by atoms with van der Waals surface area (Å²) >= 11 is 0. The Kier molecular flexibility index (Phi) is 2.05. The van der Waals surface area contributed by atoms with Gasteiger partial charge in [-0.3, -0.25) is 4.79 Å². The highest BCUT2D eigenvalue weighted by Crippen LogP contribution is 2.37. The molecule has 68 valence electrons. The third-order valence-electron chi connectivity index (χ3n) is 3.27. The van der Waals surface area contributed by atoms with Crippen LogP contribution in [-0.4, -0.2) is 35.1 Å². The Labute approximate surface area is 72.4 Å². The molecular formula is C9H15NO2. The molecule has 3 heteroatoms. The minimum atomic E-state index is 0.291. The van der Waals surface area contributed by atoms with E-state index in [-0.39, 0.29) is 0 Å². The summed E-state index contributed by atoms with van der Waals surface area (Å²) in [7, 11) is 0. The van der Waals surface area contributed by atoms with Crippen LogP contribution in [0.5, 0.6) is 0 Å². The highest BCUT2D eigenvalue weighted by Gasteiger charge is 2.39. The van der Waals surface area contributed by atoms with Gasteiger partial charge < -0.3 is 10.0 Å². The predicted octanol–water partition coefficient (Wildman–Crippen LogP) is 0.378. The second-order valence-corrected chi connectivity index (χ2v) is 3.96. The molecule has 2 bridgehead atoms. The Morgan fingerprint density at radius 1 is 1.33 bits per heavy atom. The van der Waals surface area contributed by atoms with Crippen LogP contribution in [0.2, 0.25) is 0 Å². The molecule has 1 N–H and O–H groups in total. The molecule has 0 aliphatic carbocycles. The maximum absolute atomic E-state index is 10.7. The van der Waals surface area contributed by atoms with Crippen LogP contribution >= 0.6 is 0 Å². The van der Waals surface area contributed by atoms with Gasteiger partial charge in [-0.2, -0.15) is 0 Å². The molecule has 0 aromatic heterocycles. The molecule has 2 unspecified atom stereocenters. The van der Waals surface area contributed by atoms with Crippen LogP contribution in [0.4, 0.5) is 0 Å². The van der Waals surface area contributed by atoms with Gasteiger partial charge in [0, 0.05) is 18.7 Å². The van der Waals surface area contributed by atoms with Crippen molar-refractivity contribution >= 4 is 6.41 Å². The van der Waals surface area contributed by atoms with Crippen LogP contribution in [0.3, 0.4) is 0 Å². The molecule has 0 radical (unpaired) electrons. The normalized spacial score (nSPS) is 40.1. The summed E-state index contributed by atoms with van der Waals surface area (Å²) < 4.78 is 0. The van der Waals surface area contributed by atoms with Gasteiger partial charge in [0.05, 0.1) is 0 Å². The minimum Gasteiger partial charge on any atom is -0.396 e. The minimum absolute atomic E-state index is 0.291. The number of amides is 1. The second-order valence-electron chi connectivity index (χ2n) is 3.96. The second kappa shape index (κ2) is 3.05. The number of nitrogens with zero attached hydrogens (tertiary/aromatic N) is 1. The zero-order chi connectivity index (χ0) is 8.55. The number of fused-ring (bicyclic) bond motifs is 2. The number of aliphatic hydroxyl groups excluding tert-OH is 1. The fraction of sp³-hybridized carbons (Fsp3) is 0.889. The SMILES string of the molecule is O=CN1C2CCC1CC(CO)C2. The lowest BCUT2D eigenvalue weighted by Crippen LogP contribution is -2.42. The van der Waals surface area contributed by atoms with Gasteiger partial charge in [-0.15, -0.1) is 0 Å². The van der Waals surface area contributed by atoms with E-state index in [0.29, 0.717) is 24.6 Å². The molecule has 0 aromatic carbocycles. The van der Waals surface area contributed by atoms with E-state index in [9.17, 15) is 4.79 Å². The largest absolute Gasteiger partial charge is 0.396 e. The molecule has 2 heterocycles. The van der Waals surface area contributed by atoms with Gasteiger partial charge in [-0.05, 0) is 31.6 Å². The van der Waals surface area contributed by atoms with Gasteiger partial charge in [0.2, 0.25) is 6.41 Å². The first-order valence-electron chi connectivity index (χ1n) is 4.68. The predicted molar refractivity (Wildman–Crippen MR) is 44.5 cm³/mol. The zero-order valence-electron chi connectivity index (χ0n) is 7.15. The molecule has 2 fully saturated rings. The molecule has 1 amide bonds. The summed E-state index contributed by atoms with van der Waals surface area (Å²) in [4.78, 5) is 12.6. The third kappa shape index (κ3) is 1.12. The monoisotopic (exact) mass is 169 g/mol. The molecule has 2 aliphatic rings. The lowest BCUT2D eigenvalue weighted by molar-refractivity contribution is -0.123. The van der Waals surface area contributed by atoms with Crippen molar-refractivity contribution in [1.29, 1.82) is 0 Å². The standard InChI is InChI=1S/C9H15NO2/c11-5-7-3-8-1-2-9(4-7)10(8)6-12/h6-9,11H,1-5H2.